The average molecular weight is 410 g/mol. The monoisotopic (exact) mass is 409 g/mol. The van der Waals surface area contributed by atoms with Crippen molar-refractivity contribution in [1.82, 2.24) is 16.0 Å². The molecule has 150 valence electrons. The summed E-state index contributed by atoms with van der Waals surface area (Å²) in [6.07, 6.45) is 1.59. The van der Waals surface area contributed by atoms with E-state index < -0.39 is 41.8 Å². The topological polar surface area (TPSA) is 177 Å². The van der Waals surface area contributed by atoms with Crippen LogP contribution in [-0.4, -0.2) is 71.5 Å². The second kappa shape index (κ2) is 13.7. The summed E-state index contributed by atoms with van der Waals surface area (Å²) < 4.78 is 0. The molecule has 0 spiro atoms. The van der Waals surface area contributed by atoms with Crippen LogP contribution in [0.2, 0.25) is 0 Å². The number of carbonyl (C=O) groups is 4. The largest absolute Gasteiger partial charge is 0.480 e. The third kappa shape index (κ3) is 9.27. The summed E-state index contributed by atoms with van der Waals surface area (Å²) in [4.78, 5) is 47.0. The van der Waals surface area contributed by atoms with Crippen LogP contribution in [0.15, 0.2) is 0 Å². The molecule has 0 rings (SSSR count). The van der Waals surface area contributed by atoms with Gasteiger partial charge in [0.05, 0.1) is 6.54 Å². The summed E-state index contributed by atoms with van der Waals surface area (Å²) >= 11 is 7.86. The first-order chi connectivity index (χ1) is 12.3. The number of carbonyl (C=O) groups excluding carboxylic acids is 3. The van der Waals surface area contributed by atoms with E-state index in [1.54, 1.807) is 0 Å². The van der Waals surface area contributed by atoms with E-state index in [1.807, 2.05) is 0 Å². The maximum absolute atomic E-state index is 12.4. The minimum Gasteiger partial charge on any atom is -0.480 e. The van der Waals surface area contributed by atoms with Crippen molar-refractivity contribution in [3.8, 4) is 0 Å². The molecule has 0 aliphatic heterocycles. The van der Waals surface area contributed by atoms with Crippen LogP contribution < -0.4 is 27.4 Å². The number of carboxylic acid groups (broad SMARTS) is 1. The molecular formula is C14H27N5O5S2. The number of hydrogen-bond acceptors (Lipinski definition) is 8. The number of thiol groups is 2. The van der Waals surface area contributed by atoms with E-state index in [1.165, 1.54) is 0 Å². The number of aliphatic carboxylic acids is 1. The molecule has 3 atom stereocenters. The molecule has 0 aromatic heterocycles. The number of unbranched alkanes of at least 4 members (excludes halogenated alkanes) is 1. The van der Waals surface area contributed by atoms with Gasteiger partial charge in [-0.1, -0.05) is 0 Å². The zero-order valence-electron chi connectivity index (χ0n) is 14.3. The van der Waals surface area contributed by atoms with Crippen LogP contribution in [0, 0.1) is 0 Å². The van der Waals surface area contributed by atoms with Crippen molar-refractivity contribution < 1.29 is 24.3 Å². The van der Waals surface area contributed by atoms with Gasteiger partial charge in [-0.25, -0.2) is 4.79 Å². The van der Waals surface area contributed by atoms with Crippen LogP contribution in [0.4, 0.5) is 0 Å². The molecule has 0 radical (unpaired) electrons. The highest BCUT2D eigenvalue weighted by Gasteiger charge is 2.28. The fourth-order valence-corrected chi connectivity index (χ4v) is 2.44. The second-order valence-electron chi connectivity index (χ2n) is 5.43. The van der Waals surface area contributed by atoms with Crippen LogP contribution in [-0.2, 0) is 19.2 Å². The molecule has 10 nitrogen and oxygen atoms in total. The summed E-state index contributed by atoms with van der Waals surface area (Å²) in [6, 6.07) is -3.14. The van der Waals surface area contributed by atoms with Crippen LogP contribution in [0.25, 0.3) is 0 Å². The highest BCUT2D eigenvalue weighted by atomic mass is 32.1. The van der Waals surface area contributed by atoms with E-state index in [0.29, 0.717) is 25.8 Å². The Kier molecular flexibility index (Phi) is 12.9. The first-order valence-corrected chi connectivity index (χ1v) is 9.31. The average Bonchev–Trinajstić information content (AvgIpc) is 2.62. The lowest BCUT2D eigenvalue weighted by atomic mass is 10.1. The molecule has 0 heterocycles. The van der Waals surface area contributed by atoms with Crippen LogP contribution in [0.1, 0.15) is 19.3 Å². The molecule has 0 saturated heterocycles. The maximum Gasteiger partial charge on any atom is 0.327 e. The third-order valence-electron chi connectivity index (χ3n) is 3.40. The molecule has 3 unspecified atom stereocenters. The summed E-state index contributed by atoms with van der Waals surface area (Å²) in [5, 5.41) is 16.2. The Morgan fingerprint density at radius 1 is 0.846 bits per heavy atom. The Morgan fingerprint density at radius 2 is 1.38 bits per heavy atom. The number of amides is 3. The normalized spacial score (nSPS) is 14.0. The fourth-order valence-electron chi connectivity index (χ4n) is 1.94. The summed E-state index contributed by atoms with van der Waals surface area (Å²) in [6.45, 7) is 0.167. The lowest BCUT2D eigenvalue weighted by Gasteiger charge is -2.23. The standard InChI is InChI=1S/C14H27N5O5S2/c15-4-2-1-3-8(17-11(20)5-16)12(21)18-9(6-25)13(22)19-10(7-26)14(23)24/h8-10,25-26H,1-7,15-16H2,(H,17,20)(H,18,21)(H,19,22)(H,23,24). The fraction of sp³-hybridized carbons (Fsp3) is 0.714. The highest BCUT2D eigenvalue weighted by Crippen LogP contribution is 2.03. The van der Waals surface area contributed by atoms with Gasteiger partial charge in [0.2, 0.25) is 17.7 Å². The van der Waals surface area contributed by atoms with Gasteiger partial charge in [-0.2, -0.15) is 25.3 Å². The minimum atomic E-state index is -1.24. The molecule has 0 aromatic carbocycles. The van der Waals surface area contributed by atoms with Crippen LogP contribution >= 0.6 is 25.3 Å². The van der Waals surface area contributed by atoms with Crippen molar-refractivity contribution in [2.24, 2.45) is 11.5 Å². The first-order valence-electron chi connectivity index (χ1n) is 8.05. The molecule has 3 amide bonds. The van der Waals surface area contributed by atoms with Crippen molar-refractivity contribution in [1.29, 1.82) is 0 Å². The van der Waals surface area contributed by atoms with E-state index >= 15 is 0 Å². The lowest BCUT2D eigenvalue weighted by molar-refractivity contribution is -0.141. The smallest absolute Gasteiger partial charge is 0.327 e. The molecule has 8 N–H and O–H groups in total. The maximum atomic E-state index is 12.4. The molecule has 0 saturated carbocycles. The van der Waals surface area contributed by atoms with E-state index in [4.69, 9.17) is 16.6 Å². The number of nitrogens with one attached hydrogen (secondary N) is 3. The summed E-state index contributed by atoms with van der Waals surface area (Å²) in [5.41, 5.74) is 10.7. The van der Waals surface area contributed by atoms with E-state index in [2.05, 4.69) is 41.2 Å². The highest BCUT2D eigenvalue weighted by molar-refractivity contribution is 7.80. The van der Waals surface area contributed by atoms with Gasteiger partial charge < -0.3 is 32.5 Å². The van der Waals surface area contributed by atoms with Gasteiger partial charge in [-0.05, 0) is 25.8 Å². The first kappa shape index (κ1) is 24.5. The zero-order chi connectivity index (χ0) is 20.1. The Morgan fingerprint density at radius 3 is 1.85 bits per heavy atom. The predicted molar refractivity (Wildman–Crippen MR) is 103 cm³/mol. The molecule has 0 fully saturated rings. The van der Waals surface area contributed by atoms with Crippen molar-refractivity contribution in [2.45, 2.75) is 37.4 Å². The molecular weight excluding hydrogens is 382 g/mol. The number of nitrogens with two attached hydrogens (primary N) is 2. The predicted octanol–water partition coefficient (Wildman–Crippen LogP) is -2.53. The lowest BCUT2D eigenvalue weighted by Crippen LogP contribution is -2.57. The molecule has 12 heteroatoms. The molecule has 0 aliphatic carbocycles. The van der Waals surface area contributed by atoms with E-state index in [9.17, 15) is 19.2 Å². The van der Waals surface area contributed by atoms with Gasteiger partial charge in [-0.15, -0.1) is 0 Å². The van der Waals surface area contributed by atoms with Crippen molar-refractivity contribution >= 4 is 48.9 Å². The van der Waals surface area contributed by atoms with Crippen molar-refractivity contribution in [3.05, 3.63) is 0 Å². The van der Waals surface area contributed by atoms with E-state index in [-0.39, 0.29) is 18.1 Å². The SMILES string of the molecule is NCCCCC(NC(=O)CN)C(=O)NC(CS)C(=O)NC(CS)C(=O)O. The minimum absolute atomic E-state index is 0.0587. The zero-order valence-corrected chi connectivity index (χ0v) is 16.1. The van der Waals surface area contributed by atoms with Crippen molar-refractivity contribution in [2.75, 3.05) is 24.6 Å². The molecule has 26 heavy (non-hydrogen) atoms. The quantitative estimate of drug-likeness (QED) is 0.122. The Bertz CT molecular complexity index is 494. The molecule has 0 bridgehead atoms. The van der Waals surface area contributed by atoms with Crippen LogP contribution in [0.3, 0.4) is 0 Å². The number of carboxylic acids is 1. The Labute approximate surface area is 163 Å². The van der Waals surface area contributed by atoms with Gasteiger partial charge >= 0.3 is 5.97 Å². The van der Waals surface area contributed by atoms with Crippen molar-refractivity contribution in [3.63, 3.8) is 0 Å². The van der Waals surface area contributed by atoms with Gasteiger partial charge in [0.25, 0.3) is 0 Å². The molecule has 0 aromatic rings. The Hall–Kier alpha value is -1.50. The van der Waals surface area contributed by atoms with Gasteiger partial charge in [0.1, 0.15) is 18.1 Å². The molecule has 0 aliphatic rings. The third-order valence-corrected chi connectivity index (χ3v) is 4.13. The van der Waals surface area contributed by atoms with Gasteiger partial charge in [0.15, 0.2) is 0 Å². The van der Waals surface area contributed by atoms with Gasteiger partial charge in [-0.3, -0.25) is 14.4 Å². The van der Waals surface area contributed by atoms with Gasteiger partial charge in [0, 0.05) is 11.5 Å². The number of hydrogen-bond donors (Lipinski definition) is 8. The van der Waals surface area contributed by atoms with Crippen LogP contribution in [0.5, 0.6) is 0 Å². The Balaban J connectivity index is 4.93. The number of rotatable bonds is 13. The summed E-state index contributed by atoms with van der Waals surface area (Å²) in [7, 11) is 0. The van der Waals surface area contributed by atoms with E-state index in [0.717, 1.165) is 0 Å². The summed E-state index contributed by atoms with van der Waals surface area (Å²) in [5.74, 6) is -3.21. The second-order valence-corrected chi connectivity index (χ2v) is 6.16.